The summed E-state index contributed by atoms with van der Waals surface area (Å²) in [6, 6.07) is 9.97. The summed E-state index contributed by atoms with van der Waals surface area (Å²) in [4.78, 5) is 30.0. The molecule has 7 nitrogen and oxygen atoms in total. The van der Waals surface area contributed by atoms with Crippen LogP contribution < -0.4 is 16.0 Å². The van der Waals surface area contributed by atoms with Crippen molar-refractivity contribution in [2.45, 2.75) is 33.7 Å². The number of nitrogens with zero attached hydrogens (tertiary/aromatic N) is 2. The Morgan fingerprint density at radius 1 is 1.14 bits per heavy atom. The monoisotopic (exact) mass is 503 g/mol. The molecule has 1 aromatic rings. The normalized spacial score (nSPS) is 12.4. The van der Waals surface area contributed by atoms with Crippen molar-refractivity contribution in [3.63, 3.8) is 0 Å². The fourth-order valence-electron chi connectivity index (χ4n) is 2.26. The number of rotatable bonds is 8. The molecular weight excluding hydrogens is 469 g/mol. The van der Waals surface area contributed by atoms with Crippen LogP contribution in [0.3, 0.4) is 0 Å². The first-order chi connectivity index (χ1) is 12.7. The lowest BCUT2D eigenvalue weighted by atomic mass is 9.92. The van der Waals surface area contributed by atoms with Crippen LogP contribution in [0.5, 0.6) is 0 Å². The van der Waals surface area contributed by atoms with E-state index in [1.54, 1.807) is 14.1 Å². The van der Waals surface area contributed by atoms with Crippen molar-refractivity contribution in [2.24, 2.45) is 10.4 Å². The molecule has 0 saturated carbocycles. The zero-order valence-corrected chi connectivity index (χ0v) is 20.0. The van der Waals surface area contributed by atoms with Gasteiger partial charge in [-0.15, -0.1) is 24.0 Å². The van der Waals surface area contributed by atoms with E-state index in [2.05, 4.69) is 20.9 Å². The van der Waals surface area contributed by atoms with Crippen molar-refractivity contribution < 1.29 is 9.59 Å². The molecule has 2 amide bonds. The van der Waals surface area contributed by atoms with E-state index in [-0.39, 0.29) is 48.4 Å². The van der Waals surface area contributed by atoms with Gasteiger partial charge in [-0.1, -0.05) is 30.3 Å². The standard InChI is InChI=1S/C20H33N5O2.HI/c1-7-21-18(27)20(3,4)14-23-19(22-13-17(26)25(5)6)24-15(2)16-11-9-8-10-12-16;/h8-12,15H,7,13-14H2,1-6H3,(H,21,27)(H2,22,23,24);1H. The smallest absolute Gasteiger partial charge is 0.243 e. The Kier molecular flexibility index (Phi) is 11.8. The Hall–Kier alpha value is -1.84. The zero-order chi connectivity index (χ0) is 20.4. The Balaban J connectivity index is 0.00000729. The van der Waals surface area contributed by atoms with Gasteiger partial charge in [-0.25, -0.2) is 4.99 Å². The highest BCUT2D eigenvalue weighted by atomic mass is 127. The highest BCUT2D eigenvalue weighted by Crippen LogP contribution is 2.14. The van der Waals surface area contributed by atoms with Gasteiger partial charge in [-0.3, -0.25) is 9.59 Å². The van der Waals surface area contributed by atoms with Crippen LogP contribution in [0.25, 0.3) is 0 Å². The molecule has 0 aliphatic carbocycles. The second kappa shape index (κ2) is 12.6. The van der Waals surface area contributed by atoms with Crippen molar-refractivity contribution in [1.29, 1.82) is 0 Å². The molecule has 0 aliphatic rings. The fourth-order valence-corrected chi connectivity index (χ4v) is 2.26. The number of benzene rings is 1. The summed E-state index contributed by atoms with van der Waals surface area (Å²) in [6.45, 7) is 8.67. The van der Waals surface area contributed by atoms with Crippen LogP contribution in [-0.2, 0) is 9.59 Å². The van der Waals surface area contributed by atoms with E-state index in [1.165, 1.54) is 4.90 Å². The summed E-state index contributed by atoms with van der Waals surface area (Å²) < 4.78 is 0. The van der Waals surface area contributed by atoms with E-state index in [0.717, 1.165) is 5.56 Å². The van der Waals surface area contributed by atoms with E-state index < -0.39 is 5.41 Å². The molecule has 1 aromatic carbocycles. The van der Waals surface area contributed by atoms with Crippen molar-refractivity contribution in [2.75, 3.05) is 33.7 Å². The fraction of sp³-hybridized carbons (Fsp3) is 0.550. The highest BCUT2D eigenvalue weighted by Gasteiger charge is 2.27. The number of carbonyl (C=O) groups excluding carboxylic acids is 2. The average molecular weight is 503 g/mol. The molecule has 0 fully saturated rings. The van der Waals surface area contributed by atoms with Crippen LogP contribution in [0.1, 0.15) is 39.3 Å². The number of hydrogen-bond acceptors (Lipinski definition) is 3. The van der Waals surface area contributed by atoms with E-state index in [9.17, 15) is 9.59 Å². The molecule has 0 radical (unpaired) electrons. The molecule has 28 heavy (non-hydrogen) atoms. The van der Waals surface area contributed by atoms with E-state index in [4.69, 9.17) is 0 Å². The summed E-state index contributed by atoms with van der Waals surface area (Å²) in [7, 11) is 3.40. The van der Waals surface area contributed by atoms with Gasteiger partial charge in [0.05, 0.1) is 11.5 Å². The quantitative estimate of drug-likeness (QED) is 0.289. The summed E-state index contributed by atoms with van der Waals surface area (Å²) in [5, 5.41) is 9.35. The molecule has 158 valence electrons. The maximum atomic E-state index is 12.2. The van der Waals surface area contributed by atoms with Crippen LogP contribution in [0.2, 0.25) is 0 Å². The number of hydrogen-bond donors (Lipinski definition) is 3. The van der Waals surface area contributed by atoms with Crippen LogP contribution in [0.4, 0.5) is 0 Å². The SMILES string of the molecule is CCNC(=O)C(C)(C)CNC(=NCC(=O)N(C)C)NC(C)c1ccccc1.I. The number of likely N-dealkylation sites (N-methyl/N-ethyl adjacent to an activating group) is 1. The Labute approximate surface area is 185 Å². The number of nitrogens with one attached hydrogen (secondary N) is 3. The van der Waals surface area contributed by atoms with Gasteiger partial charge in [0.25, 0.3) is 0 Å². The van der Waals surface area contributed by atoms with Gasteiger partial charge in [0.15, 0.2) is 5.96 Å². The maximum absolute atomic E-state index is 12.2. The lowest BCUT2D eigenvalue weighted by Crippen LogP contribution is -2.48. The van der Waals surface area contributed by atoms with Crippen LogP contribution in [0, 0.1) is 5.41 Å². The predicted molar refractivity (Wildman–Crippen MR) is 125 cm³/mol. The zero-order valence-electron chi connectivity index (χ0n) is 17.7. The molecule has 0 spiro atoms. The third-order valence-electron chi connectivity index (χ3n) is 4.17. The van der Waals surface area contributed by atoms with Gasteiger partial charge in [0.2, 0.25) is 11.8 Å². The van der Waals surface area contributed by atoms with Crippen molar-refractivity contribution in [3.05, 3.63) is 35.9 Å². The summed E-state index contributed by atoms with van der Waals surface area (Å²) in [5.74, 6) is 0.378. The molecule has 3 N–H and O–H groups in total. The maximum Gasteiger partial charge on any atom is 0.243 e. The highest BCUT2D eigenvalue weighted by molar-refractivity contribution is 14.0. The largest absolute Gasteiger partial charge is 0.356 e. The first kappa shape index (κ1) is 26.2. The minimum absolute atomic E-state index is 0. The van der Waals surface area contributed by atoms with Crippen molar-refractivity contribution in [1.82, 2.24) is 20.9 Å². The first-order valence-electron chi connectivity index (χ1n) is 9.25. The molecule has 0 heterocycles. The Morgan fingerprint density at radius 2 is 1.75 bits per heavy atom. The first-order valence-corrected chi connectivity index (χ1v) is 9.25. The topological polar surface area (TPSA) is 85.8 Å². The number of carbonyl (C=O) groups is 2. The van der Waals surface area contributed by atoms with Crippen LogP contribution in [-0.4, -0.2) is 56.4 Å². The number of aliphatic imine (C=N–C) groups is 1. The van der Waals surface area contributed by atoms with Crippen molar-refractivity contribution >= 4 is 41.8 Å². The van der Waals surface area contributed by atoms with Gasteiger partial charge in [0.1, 0.15) is 6.54 Å². The minimum Gasteiger partial charge on any atom is -0.356 e. The lowest BCUT2D eigenvalue weighted by Gasteiger charge is -2.26. The Morgan fingerprint density at radius 3 is 2.29 bits per heavy atom. The van der Waals surface area contributed by atoms with E-state index in [1.807, 2.05) is 58.0 Å². The van der Waals surface area contributed by atoms with Crippen LogP contribution in [0.15, 0.2) is 35.3 Å². The van der Waals surface area contributed by atoms with E-state index >= 15 is 0 Å². The molecule has 0 aromatic heterocycles. The lowest BCUT2D eigenvalue weighted by molar-refractivity contribution is -0.129. The molecule has 8 heteroatoms. The van der Waals surface area contributed by atoms with Gasteiger partial charge in [0, 0.05) is 27.2 Å². The van der Waals surface area contributed by atoms with Gasteiger partial charge >= 0.3 is 0 Å². The molecule has 0 aliphatic heterocycles. The number of halogens is 1. The van der Waals surface area contributed by atoms with Gasteiger partial charge in [-0.2, -0.15) is 0 Å². The van der Waals surface area contributed by atoms with Gasteiger partial charge < -0.3 is 20.9 Å². The summed E-state index contributed by atoms with van der Waals surface area (Å²) in [6.07, 6.45) is 0. The second-order valence-corrected chi connectivity index (χ2v) is 7.33. The third kappa shape index (κ3) is 8.90. The van der Waals surface area contributed by atoms with E-state index in [0.29, 0.717) is 19.0 Å². The van der Waals surface area contributed by atoms with Gasteiger partial charge in [-0.05, 0) is 33.3 Å². The summed E-state index contributed by atoms with van der Waals surface area (Å²) >= 11 is 0. The molecule has 0 saturated heterocycles. The third-order valence-corrected chi connectivity index (χ3v) is 4.17. The molecule has 1 unspecified atom stereocenters. The second-order valence-electron chi connectivity index (χ2n) is 7.33. The van der Waals surface area contributed by atoms with Crippen molar-refractivity contribution in [3.8, 4) is 0 Å². The Bertz CT molecular complexity index is 647. The minimum atomic E-state index is -0.611. The number of guanidine groups is 1. The molecule has 1 rings (SSSR count). The van der Waals surface area contributed by atoms with Crippen LogP contribution >= 0.6 is 24.0 Å². The molecule has 0 bridgehead atoms. The predicted octanol–water partition coefficient (Wildman–Crippen LogP) is 2.15. The average Bonchev–Trinajstić information content (AvgIpc) is 2.64. The number of amides is 2. The summed E-state index contributed by atoms with van der Waals surface area (Å²) in [5.41, 5.74) is 0.494. The molecule has 1 atom stereocenters. The molecular formula is C20H34IN5O2.